The molecular formula is C14H17N7. The van der Waals surface area contributed by atoms with Crippen LogP contribution in [0.1, 0.15) is 25.6 Å². The topological polar surface area (TPSA) is 84.3 Å². The fraction of sp³-hybridized carbons (Fsp3) is 0.286. The summed E-state index contributed by atoms with van der Waals surface area (Å²) >= 11 is 0. The number of hydrogen-bond acceptors (Lipinski definition) is 5. The average Bonchev–Trinajstić information content (AvgIpc) is 3.16. The predicted molar refractivity (Wildman–Crippen MR) is 79.6 cm³/mol. The second-order valence-corrected chi connectivity index (χ2v) is 5.06. The molecule has 0 saturated carbocycles. The average molecular weight is 283 g/mol. The van der Waals surface area contributed by atoms with Gasteiger partial charge in [0.15, 0.2) is 0 Å². The fourth-order valence-electron chi connectivity index (χ4n) is 2.18. The highest BCUT2D eigenvalue weighted by atomic mass is 15.5. The van der Waals surface area contributed by atoms with Gasteiger partial charge < -0.3 is 9.88 Å². The Balaban J connectivity index is 1.74. The van der Waals surface area contributed by atoms with E-state index in [1.807, 2.05) is 36.8 Å². The second kappa shape index (κ2) is 5.74. The van der Waals surface area contributed by atoms with Crippen LogP contribution >= 0.6 is 0 Å². The van der Waals surface area contributed by atoms with Gasteiger partial charge >= 0.3 is 0 Å². The number of tetrazole rings is 1. The summed E-state index contributed by atoms with van der Waals surface area (Å²) in [5.41, 5.74) is 3.08. The van der Waals surface area contributed by atoms with E-state index in [-0.39, 0.29) is 0 Å². The Bertz CT molecular complexity index is 700. The molecule has 0 unspecified atom stereocenters. The Labute approximate surface area is 122 Å². The van der Waals surface area contributed by atoms with Gasteiger partial charge in [-0.2, -0.15) is 5.21 Å². The second-order valence-electron chi connectivity index (χ2n) is 5.06. The smallest absolute Gasteiger partial charge is 0.204 e. The molecular weight excluding hydrogens is 266 g/mol. The van der Waals surface area contributed by atoms with E-state index in [9.17, 15) is 0 Å². The number of nitrogens with one attached hydrogen (secondary N) is 2. The van der Waals surface area contributed by atoms with Gasteiger partial charge in [0.25, 0.3) is 0 Å². The summed E-state index contributed by atoms with van der Waals surface area (Å²) < 4.78 is 2.15. The molecule has 0 fully saturated rings. The lowest BCUT2D eigenvalue weighted by molar-refractivity contribution is 0.577. The molecule has 3 aromatic rings. The summed E-state index contributed by atoms with van der Waals surface area (Å²) in [6.45, 7) is 5.00. The van der Waals surface area contributed by atoms with Gasteiger partial charge in [-0.1, -0.05) is 12.1 Å². The molecule has 2 N–H and O–H groups in total. The third-order valence-corrected chi connectivity index (χ3v) is 3.24. The molecule has 7 heteroatoms. The number of nitrogens with zero attached hydrogens (tertiary/aromatic N) is 5. The Morgan fingerprint density at radius 1 is 1.33 bits per heavy atom. The molecule has 0 aliphatic rings. The third-order valence-electron chi connectivity index (χ3n) is 3.24. The quantitative estimate of drug-likeness (QED) is 0.750. The number of benzene rings is 1. The zero-order valence-electron chi connectivity index (χ0n) is 12.0. The first kappa shape index (κ1) is 13.3. The lowest BCUT2D eigenvalue weighted by Crippen LogP contribution is -2.08. The maximum atomic E-state index is 4.20. The number of hydrogen-bond donors (Lipinski definition) is 2. The Hall–Kier alpha value is -2.70. The van der Waals surface area contributed by atoms with Crippen molar-refractivity contribution in [3.8, 4) is 11.4 Å². The van der Waals surface area contributed by atoms with Crippen LogP contribution in [0.15, 0.2) is 36.8 Å². The van der Waals surface area contributed by atoms with Gasteiger partial charge in [0.05, 0.1) is 18.6 Å². The van der Waals surface area contributed by atoms with Crippen LogP contribution in [0.3, 0.4) is 0 Å². The molecule has 3 rings (SSSR count). The Kier molecular flexibility index (Phi) is 3.63. The minimum atomic E-state index is 0.398. The summed E-state index contributed by atoms with van der Waals surface area (Å²) in [6.07, 6.45) is 3.74. The van der Waals surface area contributed by atoms with E-state index in [2.05, 4.69) is 49.3 Å². The van der Waals surface area contributed by atoms with Gasteiger partial charge in [-0.15, -0.1) is 10.2 Å². The monoisotopic (exact) mass is 283 g/mol. The highest BCUT2D eigenvalue weighted by molar-refractivity contribution is 5.61. The minimum Gasteiger partial charge on any atom is -0.379 e. The molecule has 0 atom stereocenters. The number of rotatable bonds is 5. The minimum absolute atomic E-state index is 0.398. The van der Waals surface area contributed by atoms with Crippen molar-refractivity contribution in [3.63, 3.8) is 0 Å². The number of imidazole rings is 1. The Morgan fingerprint density at radius 2 is 2.24 bits per heavy atom. The van der Waals surface area contributed by atoms with E-state index in [4.69, 9.17) is 0 Å². The zero-order valence-corrected chi connectivity index (χ0v) is 12.0. The van der Waals surface area contributed by atoms with Gasteiger partial charge in [-0.3, -0.25) is 0 Å². The molecule has 0 amide bonds. The van der Waals surface area contributed by atoms with Crippen molar-refractivity contribution >= 4 is 5.69 Å². The highest BCUT2D eigenvalue weighted by Crippen LogP contribution is 2.19. The molecule has 1 aromatic carbocycles. The van der Waals surface area contributed by atoms with Gasteiger partial charge in [0.1, 0.15) is 0 Å². The first-order valence-corrected chi connectivity index (χ1v) is 6.82. The van der Waals surface area contributed by atoms with Crippen LogP contribution in [0.5, 0.6) is 0 Å². The van der Waals surface area contributed by atoms with Crippen molar-refractivity contribution < 1.29 is 0 Å². The number of anilines is 1. The van der Waals surface area contributed by atoms with E-state index < -0.39 is 0 Å². The molecule has 108 valence electrons. The fourth-order valence-corrected chi connectivity index (χ4v) is 2.18. The lowest BCUT2D eigenvalue weighted by atomic mass is 10.2. The third kappa shape index (κ3) is 2.91. The zero-order chi connectivity index (χ0) is 14.7. The van der Waals surface area contributed by atoms with Gasteiger partial charge in [-0.25, -0.2) is 4.98 Å². The molecule has 0 radical (unpaired) electrons. The van der Waals surface area contributed by atoms with E-state index in [1.165, 1.54) is 0 Å². The van der Waals surface area contributed by atoms with Crippen LogP contribution in [-0.2, 0) is 6.54 Å². The SMILES string of the molecule is CC(C)n1cncc1CNc1cccc(-c2nn[nH]n2)c1. The largest absolute Gasteiger partial charge is 0.379 e. The van der Waals surface area contributed by atoms with Crippen LogP contribution in [0.4, 0.5) is 5.69 Å². The number of aromatic nitrogens is 6. The van der Waals surface area contributed by atoms with E-state index in [0.717, 1.165) is 16.9 Å². The van der Waals surface area contributed by atoms with Crippen molar-refractivity contribution in [2.24, 2.45) is 0 Å². The Morgan fingerprint density at radius 3 is 3.00 bits per heavy atom. The maximum Gasteiger partial charge on any atom is 0.204 e. The number of aromatic amines is 1. The normalized spacial score (nSPS) is 11.0. The van der Waals surface area contributed by atoms with Crippen molar-refractivity contribution in [1.29, 1.82) is 0 Å². The number of H-pyrrole nitrogens is 1. The van der Waals surface area contributed by atoms with Crippen molar-refractivity contribution in [2.75, 3.05) is 5.32 Å². The summed E-state index contributed by atoms with van der Waals surface area (Å²) in [6, 6.07) is 8.33. The first-order chi connectivity index (χ1) is 10.2. The standard InChI is InChI=1S/C14H17N7/c1-10(2)21-9-15-7-13(21)8-16-12-5-3-4-11(6-12)14-17-19-20-18-14/h3-7,9-10,16H,8H2,1-2H3,(H,17,18,19,20). The summed E-state index contributed by atoms with van der Waals surface area (Å²) in [7, 11) is 0. The van der Waals surface area contributed by atoms with Crippen LogP contribution in [-0.4, -0.2) is 30.2 Å². The van der Waals surface area contributed by atoms with Gasteiger partial charge in [0.2, 0.25) is 5.82 Å². The highest BCUT2D eigenvalue weighted by Gasteiger charge is 2.06. The molecule has 0 aliphatic heterocycles. The van der Waals surface area contributed by atoms with E-state index in [1.54, 1.807) is 0 Å². The molecule has 0 spiro atoms. The molecule has 21 heavy (non-hydrogen) atoms. The van der Waals surface area contributed by atoms with Crippen LogP contribution in [0.25, 0.3) is 11.4 Å². The summed E-state index contributed by atoms with van der Waals surface area (Å²) in [5, 5.41) is 17.4. The molecule has 0 bridgehead atoms. The van der Waals surface area contributed by atoms with Crippen LogP contribution < -0.4 is 5.32 Å². The van der Waals surface area contributed by atoms with Crippen LogP contribution in [0.2, 0.25) is 0 Å². The molecule has 0 aliphatic carbocycles. The molecule has 2 aromatic heterocycles. The lowest BCUT2D eigenvalue weighted by Gasteiger charge is -2.13. The van der Waals surface area contributed by atoms with E-state index >= 15 is 0 Å². The van der Waals surface area contributed by atoms with Crippen molar-refractivity contribution in [2.45, 2.75) is 26.4 Å². The van der Waals surface area contributed by atoms with Crippen LogP contribution in [0, 0.1) is 0 Å². The predicted octanol–water partition coefficient (Wildman–Crippen LogP) is 2.26. The molecule has 0 saturated heterocycles. The molecule has 2 heterocycles. The summed E-state index contributed by atoms with van der Waals surface area (Å²) in [4.78, 5) is 4.20. The molecule has 7 nitrogen and oxygen atoms in total. The van der Waals surface area contributed by atoms with Gasteiger partial charge in [-0.05, 0) is 31.2 Å². The maximum absolute atomic E-state index is 4.20. The van der Waals surface area contributed by atoms with Crippen molar-refractivity contribution in [1.82, 2.24) is 30.2 Å². The van der Waals surface area contributed by atoms with Gasteiger partial charge in [0, 0.05) is 23.5 Å². The van der Waals surface area contributed by atoms with E-state index in [0.29, 0.717) is 18.4 Å². The first-order valence-electron chi connectivity index (χ1n) is 6.82. The summed E-state index contributed by atoms with van der Waals surface area (Å²) in [5.74, 6) is 0.589. The van der Waals surface area contributed by atoms with Crippen molar-refractivity contribution in [3.05, 3.63) is 42.5 Å².